The fraction of sp³-hybridized carbons (Fsp3) is 0.571. The zero-order valence-electron chi connectivity index (χ0n) is 11.7. The van der Waals surface area contributed by atoms with Gasteiger partial charge in [0.25, 0.3) is 0 Å². The number of halogens is 2. The number of carboxylic acid groups (broad SMARTS) is 1. The van der Waals surface area contributed by atoms with Crippen LogP contribution in [-0.4, -0.2) is 45.9 Å². The molecule has 1 unspecified atom stereocenters. The van der Waals surface area contributed by atoms with Gasteiger partial charge in [0.05, 0.1) is 0 Å². The second-order valence-electron chi connectivity index (χ2n) is 5.48. The van der Waals surface area contributed by atoms with E-state index in [9.17, 15) is 18.7 Å². The summed E-state index contributed by atoms with van der Waals surface area (Å²) in [4.78, 5) is 16.6. The molecule has 1 N–H and O–H groups in total. The fourth-order valence-electron chi connectivity index (χ4n) is 3.32. The number of hydrogen-bond donors (Lipinski definition) is 1. The van der Waals surface area contributed by atoms with Gasteiger partial charge in [-0.3, -0.25) is 0 Å². The number of hydrogen-bond acceptors (Lipinski definition) is 4. The maximum absolute atomic E-state index is 12.2. The van der Waals surface area contributed by atoms with Crippen LogP contribution in [0, 0.1) is 0 Å². The number of aromatic nitrogens is 1. The highest BCUT2D eigenvalue weighted by Crippen LogP contribution is 2.37. The molecule has 2 bridgehead atoms. The predicted octanol–water partition coefficient (Wildman–Crippen LogP) is 2.74. The Morgan fingerprint density at radius 1 is 1.27 bits per heavy atom. The lowest BCUT2D eigenvalue weighted by molar-refractivity contribution is -0.0533. The topological polar surface area (TPSA) is 71.9 Å². The van der Waals surface area contributed by atoms with Crippen LogP contribution in [0.5, 0.6) is 11.8 Å². The SMILES string of the molecule is O=C(O)N1[C@@H]2CC[C@H]1CC(Oc1cccc(OC(F)F)n1)C2. The van der Waals surface area contributed by atoms with E-state index in [0.29, 0.717) is 12.8 Å². The van der Waals surface area contributed by atoms with E-state index in [2.05, 4.69) is 9.72 Å². The average Bonchev–Trinajstić information content (AvgIpc) is 2.71. The zero-order chi connectivity index (χ0) is 15.7. The number of rotatable bonds is 4. The molecule has 120 valence electrons. The van der Waals surface area contributed by atoms with E-state index in [1.807, 2.05) is 0 Å². The normalized spacial score (nSPS) is 27.0. The number of nitrogens with zero attached hydrogens (tertiary/aromatic N) is 2. The van der Waals surface area contributed by atoms with Crippen LogP contribution in [0.15, 0.2) is 18.2 Å². The van der Waals surface area contributed by atoms with E-state index >= 15 is 0 Å². The molecule has 3 atom stereocenters. The van der Waals surface area contributed by atoms with Crippen LogP contribution in [0.25, 0.3) is 0 Å². The van der Waals surface area contributed by atoms with Crippen molar-refractivity contribution in [1.29, 1.82) is 0 Å². The van der Waals surface area contributed by atoms with Gasteiger partial charge in [-0.15, -0.1) is 0 Å². The van der Waals surface area contributed by atoms with Crippen molar-refractivity contribution >= 4 is 6.09 Å². The molecule has 0 spiro atoms. The Kier molecular flexibility index (Phi) is 4.00. The van der Waals surface area contributed by atoms with Gasteiger partial charge in [-0.1, -0.05) is 6.07 Å². The van der Waals surface area contributed by atoms with Gasteiger partial charge in [-0.25, -0.2) is 4.79 Å². The largest absolute Gasteiger partial charge is 0.474 e. The fourth-order valence-corrected chi connectivity index (χ4v) is 3.32. The molecule has 8 heteroatoms. The van der Waals surface area contributed by atoms with Crippen LogP contribution in [0.1, 0.15) is 25.7 Å². The second kappa shape index (κ2) is 5.94. The number of carbonyl (C=O) groups is 1. The number of alkyl halides is 2. The highest BCUT2D eigenvalue weighted by atomic mass is 19.3. The molecular weight excluding hydrogens is 298 g/mol. The molecule has 0 aromatic carbocycles. The Hall–Kier alpha value is -2.12. The Morgan fingerprint density at radius 2 is 1.91 bits per heavy atom. The standard InChI is InChI=1S/C14H16F2N2O4/c15-13(16)22-12-3-1-2-11(17-12)21-10-6-8-4-5-9(7-10)18(8)14(19)20/h1-3,8-10,13H,4-7H2,(H,19,20)/t8-,9+,10?. The first-order valence-corrected chi connectivity index (χ1v) is 7.12. The summed E-state index contributed by atoms with van der Waals surface area (Å²) in [5, 5.41) is 9.20. The van der Waals surface area contributed by atoms with Crippen molar-refractivity contribution in [3.05, 3.63) is 18.2 Å². The minimum Gasteiger partial charge on any atom is -0.474 e. The van der Waals surface area contributed by atoms with Crippen LogP contribution >= 0.6 is 0 Å². The van der Waals surface area contributed by atoms with Crippen molar-refractivity contribution in [3.8, 4) is 11.8 Å². The minimum absolute atomic E-state index is 0.0400. The van der Waals surface area contributed by atoms with E-state index in [1.54, 1.807) is 6.07 Å². The van der Waals surface area contributed by atoms with Crippen molar-refractivity contribution in [1.82, 2.24) is 9.88 Å². The summed E-state index contributed by atoms with van der Waals surface area (Å²) >= 11 is 0. The highest BCUT2D eigenvalue weighted by molar-refractivity contribution is 5.66. The lowest BCUT2D eigenvalue weighted by Gasteiger charge is -2.36. The Labute approximate surface area is 125 Å². The molecule has 1 amide bonds. The van der Waals surface area contributed by atoms with Crippen molar-refractivity contribution < 1.29 is 28.2 Å². The summed E-state index contributed by atoms with van der Waals surface area (Å²) in [6, 6.07) is 4.35. The van der Waals surface area contributed by atoms with Crippen LogP contribution in [0.4, 0.5) is 13.6 Å². The molecule has 0 radical (unpaired) electrons. The van der Waals surface area contributed by atoms with E-state index in [-0.39, 0.29) is 29.9 Å². The van der Waals surface area contributed by atoms with E-state index in [4.69, 9.17) is 4.74 Å². The molecule has 0 saturated carbocycles. The van der Waals surface area contributed by atoms with Gasteiger partial charge < -0.3 is 19.5 Å². The van der Waals surface area contributed by atoms with Gasteiger partial charge in [-0.05, 0) is 12.8 Å². The van der Waals surface area contributed by atoms with Crippen molar-refractivity contribution in [3.63, 3.8) is 0 Å². The van der Waals surface area contributed by atoms with Crippen LogP contribution in [0.3, 0.4) is 0 Å². The molecule has 22 heavy (non-hydrogen) atoms. The van der Waals surface area contributed by atoms with Gasteiger partial charge in [0.2, 0.25) is 11.8 Å². The first kappa shape index (κ1) is 14.8. The summed E-state index contributed by atoms with van der Waals surface area (Å²) in [6.45, 7) is -2.93. The molecule has 1 aromatic heterocycles. The van der Waals surface area contributed by atoms with Gasteiger partial charge in [0, 0.05) is 37.1 Å². The summed E-state index contributed by atoms with van der Waals surface area (Å²) in [7, 11) is 0. The number of ether oxygens (including phenoxy) is 2. The van der Waals surface area contributed by atoms with Crippen molar-refractivity contribution in [2.24, 2.45) is 0 Å². The number of pyridine rings is 1. The predicted molar refractivity (Wildman–Crippen MR) is 71.2 cm³/mol. The summed E-state index contributed by atoms with van der Waals surface area (Å²) in [5.41, 5.74) is 0. The van der Waals surface area contributed by atoms with Crippen LogP contribution in [0.2, 0.25) is 0 Å². The van der Waals surface area contributed by atoms with E-state index < -0.39 is 12.7 Å². The Morgan fingerprint density at radius 3 is 2.50 bits per heavy atom. The molecule has 2 aliphatic rings. The van der Waals surface area contributed by atoms with Gasteiger partial charge >= 0.3 is 12.7 Å². The Bertz CT molecular complexity index is 543. The maximum Gasteiger partial charge on any atom is 0.407 e. The monoisotopic (exact) mass is 314 g/mol. The molecule has 0 aliphatic carbocycles. The Balaban J connectivity index is 1.64. The molecule has 3 rings (SSSR count). The zero-order valence-corrected chi connectivity index (χ0v) is 11.7. The van der Waals surface area contributed by atoms with E-state index in [1.165, 1.54) is 17.0 Å². The molecule has 2 fully saturated rings. The molecule has 2 saturated heterocycles. The molecule has 3 heterocycles. The maximum atomic E-state index is 12.2. The van der Waals surface area contributed by atoms with Gasteiger partial charge in [-0.2, -0.15) is 13.8 Å². The third-order valence-electron chi connectivity index (χ3n) is 4.11. The van der Waals surface area contributed by atoms with Gasteiger partial charge in [0.1, 0.15) is 6.10 Å². The molecule has 2 aliphatic heterocycles. The summed E-state index contributed by atoms with van der Waals surface area (Å²) in [5.74, 6) is 0.0183. The quantitative estimate of drug-likeness (QED) is 0.925. The third kappa shape index (κ3) is 3.05. The second-order valence-corrected chi connectivity index (χ2v) is 5.48. The summed E-state index contributed by atoms with van der Waals surface area (Å²) < 4.78 is 34.3. The van der Waals surface area contributed by atoms with Crippen molar-refractivity contribution in [2.75, 3.05) is 0 Å². The third-order valence-corrected chi connectivity index (χ3v) is 4.11. The van der Waals surface area contributed by atoms with Crippen molar-refractivity contribution in [2.45, 2.75) is 50.5 Å². The number of piperidine rings is 1. The van der Waals surface area contributed by atoms with Crippen LogP contribution in [-0.2, 0) is 0 Å². The first-order chi connectivity index (χ1) is 10.5. The van der Waals surface area contributed by atoms with E-state index in [0.717, 1.165) is 12.8 Å². The van der Waals surface area contributed by atoms with Crippen LogP contribution < -0.4 is 9.47 Å². The smallest absolute Gasteiger partial charge is 0.407 e. The molecule has 6 nitrogen and oxygen atoms in total. The molecule has 1 aromatic rings. The lowest BCUT2D eigenvalue weighted by atomic mass is 10.0. The highest BCUT2D eigenvalue weighted by Gasteiger charge is 2.44. The first-order valence-electron chi connectivity index (χ1n) is 7.12. The molecular formula is C14H16F2N2O4. The number of fused-ring (bicyclic) bond motifs is 2. The summed E-state index contributed by atoms with van der Waals surface area (Å²) in [6.07, 6.45) is 1.78. The lowest BCUT2D eigenvalue weighted by Crippen LogP contribution is -2.48. The van der Waals surface area contributed by atoms with Gasteiger partial charge in [0.15, 0.2) is 0 Å². The number of amides is 1. The average molecular weight is 314 g/mol. The minimum atomic E-state index is -2.93.